The number of nitrogen functional groups attached to an aromatic ring is 1. The number of nitrogens with two attached hydrogens (primary N) is 1. The molecule has 114 valence electrons. The van der Waals surface area contributed by atoms with Gasteiger partial charge < -0.3 is 11.1 Å². The number of hydrogen-bond acceptors (Lipinski definition) is 8. The Morgan fingerprint density at radius 2 is 2.14 bits per heavy atom. The molecule has 0 saturated carbocycles. The third-order valence-corrected chi connectivity index (χ3v) is 4.52. The first kappa shape index (κ1) is 15.3. The summed E-state index contributed by atoms with van der Waals surface area (Å²) >= 11 is 0.972. The van der Waals surface area contributed by atoms with E-state index in [2.05, 4.69) is 10.3 Å². The Balaban J connectivity index is 2.05. The first-order valence-corrected chi connectivity index (χ1v) is 7.77. The minimum Gasteiger partial charge on any atom is -0.375 e. The van der Waals surface area contributed by atoms with E-state index < -0.39 is 40.0 Å². The summed E-state index contributed by atoms with van der Waals surface area (Å²) in [4.78, 5) is 38.6. The molecule has 1 saturated heterocycles. The fraction of sp³-hybridized carbons (Fsp3) is 0.333. The number of carbonyl (C=O) groups is 3. The van der Waals surface area contributed by atoms with Crippen LogP contribution in [-0.4, -0.2) is 51.9 Å². The van der Waals surface area contributed by atoms with E-state index in [4.69, 9.17) is 10.3 Å². The number of amides is 2. The van der Waals surface area contributed by atoms with Crippen molar-refractivity contribution in [3.8, 4) is 0 Å². The third kappa shape index (κ3) is 2.72. The molecule has 0 spiro atoms. The van der Waals surface area contributed by atoms with Crippen LogP contribution >= 0.6 is 11.3 Å². The molecule has 2 rings (SSSR count). The Bertz CT molecular complexity index is 726. The van der Waals surface area contributed by atoms with Crippen LogP contribution in [0, 0.1) is 0 Å². The summed E-state index contributed by atoms with van der Waals surface area (Å²) in [6, 6.07) is -2.20. The highest BCUT2D eigenvalue weighted by molar-refractivity contribution is 7.84. The molecule has 2 heterocycles. The number of hydrogen-bond donors (Lipinski definition) is 3. The second-order valence-corrected chi connectivity index (χ2v) is 6.38. The first-order chi connectivity index (χ1) is 9.62. The largest absolute Gasteiger partial charge is 0.375 e. The number of ketones is 1. The summed E-state index contributed by atoms with van der Waals surface area (Å²) in [5, 5.41) is 3.49. The Morgan fingerprint density at radius 1 is 1.52 bits per heavy atom. The van der Waals surface area contributed by atoms with E-state index >= 15 is 0 Å². The van der Waals surface area contributed by atoms with E-state index in [1.807, 2.05) is 0 Å². The molecule has 1 aromatic heterocycles. The van der Waals surface area contributed by atoms with E-state index in [-0.39, 0.29) is 15.1 Å². The Kier molecular flexibility index (Phi) is 3.69. The topological polar surface area (TPSA) is 160 Å². The summed E-state index contributed by atoms with van der Waals surface area (Å²) in [6.07, 6.45) is 0. The molecule has 1 aliphatic rings. The molecule has 1 aliphatic heterocycles. The van der Waals surface area contributed by atoms with Gasteiger partial charge in [0.25, 0.3) is 17.6 Å². The van der Waals surface area contributed by atoms with Crippen molar-refractivity contribution in [2.75, 3.05) is 5.73 Å². The minimum atomic E-state index is -4.68. The van der Waals surface area contributed by atoms with Gasteiger partial charge in [-0.3, -0.25) is 18.9 Å². The van der Waals surface area contributed by atoms with Crippen molar-refractivity contribution < 1.29 is 27.4 Å². The molecule has 21 heavy (non-hydrogen) atoms. The van der Waals surface area contributed by atoms with E-state index in [1.165, 1.54) is 12.3 Å². The summed E-state index contributed by atoms with van der Waals surface area (Å²) in [5.41, 5.74) is 5.17. The van der Waals surface area contributed by atoms with Crippen molar-refractivity contribution in [1.29, 1.82) is 0 Å². The lowest BCUT2D eigenvalue weighted by atomic mass is 10.0. The van der Waals surface area contributed by atoms with Gasteiger partial charge in [0.2, 0.25) is 0 Å². The fourth-order valence-corrected chi connectivity index (χ4v) is 3.24. The maximum Gasteiger partial charge on any atom is 0.362 e. The van der Waals surface area contributed by atoms with Gasteiger partial charge in [0, 0.05) is 5.38 Å². The number of nitrogens with zero attached hydrogens (tertiary/aromatic N) is 2. The zero-order valence-corrected chi connectivity index (χ0v) is 12.1. The van der Waals surface area contributed by atoms with Gasteiger partial charge in [-0.2, -0.15) is 8.42 Å². The lowest BCUT2D eigenvalue weighted by Gasteiger charge is -2.41. The predicted octanol–water partition coefficient (Wildman–Crippen LogP) is -1.57. The summed E-state index contributed by atoms with van der Waals surface area (Å²) in [6.45, 7) is 1.30. The predicted molar refractivity (Wildman–Crippen MR) is 70.6 cm³/mol. The number of Topliss-reactive ketones (excluding diaryl/α,β-unsaturated/α-hetero) is 1. The average molecular weight is 334 g/mol. The normalized spacial score (nSPS) is 21.8. The van der Waals surface area contributed by atoms with Gasteiger partial charge in [-0.25, -0.2) is 9.29 Å². The van der Waals surface area contributed by atoms with Crippen LogP contribution in [0.3, 0.4) is 0 Å². The number of rotatable bonds is 4. The fourth-order valence-electron chi connectivity index (χ4n) is 1.82. The van der Waals surface area contributed by atoms with E-state index in [1.54, 1.807) is 0 Å². The van der Waals surface area contributed by atoms with Crippen LogP contribution in [0.4, 0.5) is 5.13 Å². The number of aromatic nitrogens is 1. The zero-order chi connectivity index (χ0) is 15.9. The molecule has 1 unspecified atom stereocenters. The van der Waals surface area contributed by atoms with Crippen molar-refractivity contribution in [2.24, 2.45) is 0 Å². The van der Waals surface area contributed by atoms with Crippen molar-refractivity contribution >= 4 is 44.4 Å². The second-order valence-electron chi connectivity index (χ2n) is 4.20. The summed E-state index contributed by atoms with van der Waals surface area (Å²) in [5.74, 6) is -3.13. The number of β-lactam (4-membered cyclic amide) rings is 1. The highest BCUT2D eigenvalue weighted by Crippen LogP contribution is 2.23. The molecule has 2 atom stereocenters. The van der Waals surface area contributed by atoms with Gasteiger partial charge in [-0.05, 0) is 6.92 Å². The molecule has 0 aromatic carbocycles. The molecule has 0 aliphatic carbocycles. The van der Waals surface area contributed by atoms with Gasteiger partial charge in [-0.15, -0.1) is 11.3 Å². The van der Waals surface area contributed by atoms with Crippen molar-refractivity contribution in [3.63, 3.8) is 0 Å². The Morgan fingerprint density at radius 3 is 2.57 bits per heavy atom. The number of nitrogens with one attached hydrogen (secondary N) is 1. The maximum absolute atomic E-state index is 11.7. The van der Waals surface area contributed by atoms with Crippen LogP contribution in [0.25, 0.3) is 0 Å². The molecule has 4 N–H and O–H groups in total. The maximum atomic E-state index is 11.7. The van der Waals surface area contributed by atoms with Gasteiger partial charge in [0.15, 0.2) is 5.13 Å². The summed E-state index contributed by atoms with van der Waals surface area (Å²) in [7, 11) is -4.68. The highest BCUT2D eigenvalue weighted by atomic mass is 32.2. The molecule has 12 heteroatoms. The van der Waals surface area contributed by atoms with Crippen LogP contribution in [-0.2, 0) is 19.9 Å². The SMILES string of the molecule is C[C@@H]1C(NC(=O)C(=O)c2csc(N)n2)C(=O)N1S(=O)(=O)O. The molecule has 2 amide bonds. The first-order valence-electron chi connectivity index (χ1n) is 5.50. The molecule has 10 nitrogen and oxygen atoms in total. The molecule has 0 radical (unpaired) electrons. The number of anilines is 1. The zero-order valence-electron chi connectivity index (χ0n) is 10.5. The van der Waals surface area contributed by atoms with Crippen molar-refractivity contribution in [2.45, 2.75) is 19.0 Å². The smallest absolute Gasteiger partial charge is 0.362 e. The molecule has 1 aromatic rings. The van der Waals surface area contributed by atoms with E-state index in [9.17, 15) is 22.8 Å². The van der Waals surface area contributed by atoms with Gasteiger partial charge >= 0.3 is 10.3 Å². The number of thiazole rings is 1. The van der Waals surface area contributed by atoms with E-state index in [0.717, 1.165) is 11.3 Å². The minimum absolute atomic E-state index is 0.108. The lowest BCUT2D eigenvalue weighted by molar-refractivity contribution is -0.144. The second kappa shape index (κ2) is 5.05. The molecular formula is C9H10N4O6S2. The van der Waals surface area contributed by atoms with Crippen molar-refractivity contribution in [3.05, 3.63) is 11.1 Å². The van der Waals surface area contributed by atoms with Gasteiger partial charge in [0.1, 0.15) is 11.7 Å². The van der Waals surface area contributed by atoms with Crippen LogP contribution in [0.1, 0.15) is 17.4 Å². The van der Waals surface area contributed by atoms with Crippen LogP contribution in [0.2, 0.25) is 0 Å². The number of carbonyl (C=O) groups excluding carboxylic acids is 3. The highest BCUT2D eigenvalue weighted by Gasteiger charge is 2.51. The molecule has 0 bridgehead atoms. The standard InChI is InChI=1S/C9H10N4O6S2/c1-3-5(8(16)13(3)21(17,18)19)12-7(15)6(14)4-2-20-9(10)11-4/h2-3,5H,1H3,(H2,10,11)(H,12,15)(H,17,18,19)/t3-,5?/m1/s1. The Labute approximate surface area is 122 Å². The molecular weight excluding hydrogens is 324 g/mol. The molecule has 1 fully saturated rings. The van der Waals surface area contributed by atoms with Crippen LogP contribution < -0.4 is 11.1 Å². The van der Waals surface area contributed by atoms with E-state index in [0.29, 0.717) is 0 Å². The van der Waals surface area contributed by atoms with Crippen molar-refractivity contribution in [1.82, 2.24) is 14.6 Å². The van der Waals surface area contributed by atoms with Gasteiger partial charge in [-0.1, -0.05) is 0 Å². The quantitative estimate of drug-likeness (QED) is 0.257. The van der Waals surface area contributed by atoms with Crippen LogP contribution in [0.15, 0.2) is 5.38 Å². The monoisotopic (exact) mass is 334 g/mol. The third-order valence-electron chi connectivity index (χ3n) is 2.83. The van der Waals surface area contributed by atoms with Gasteiger partial charge in [0.05, 0.1) is 6.04 Å². The average Bonchev–Trinajstić information content (AvgIpc) is 2.80. The summed E-state index contributed by atoms with van der Waals surface area (Å²) < 4.78 is 30.8. The lowest BCUT2D eigenvalue weighted by Crippen LogP contribution is -2.71. The van der Waals surface area contributed by atoms with Crippen LogP contribution in [0.5, 0.6) is 0 Å². The Hall–Kier alpha value is -2.05.